The highest BCUT2D eigenvalue weighted by atomic mass is 32.2. The van der Waals surface area contributed by atoms with Gasteiger partial charge in [-0.3, -0.25) is 9.36 Å². The molecule has 1 amide bonds. The summed E-state index contributed by atoms with van der Waals surface area (Å²) in [5.41, 5.74) is 5.76. The Bertz CT molecular complexity index is 1160. The number of rotatable bonds is 10. The van der Waals surface area contributed by atoms with E-state index in [9.17, 15) is 4.79 Å². The molecule has 0 bridgehead atoms. The van der Waals surface area contributed by atoms with Gasteiger partial charge in [0, 0.05) is 17.1 Å². The maximum absolute atomic E-state index is 12.8. The number of hydrogen-bond donors (Lipinski definition) is 2. The number of carbonyl (C=O) groups is 1. The van der Waals surface area contributed by atoms with Crippen molar-refractivity contribution in [2.75, 3.05) is 11.9 Å². The predicted octanol–water partition coefficient (Wildman–Crippen LogP) is 5.44. The largest absolute Gasteiger partial charge is 0.494 e. The Balaban J connectivity index is 1.47. The number of nitrogens with one attached hydrogen (secondary N) is 2. The summed E-state index contributed by atoms with van der Waals surface area (Å²) in [5, 5.41) is 17.0. The van der Waals surface area contributed by atoms with Crippen LogP contribution in [-0.2, 0) is 11.3 Å². The van der Waals surface area contributed by atoms with Gasteiger partial charge < -0.3 is 10.1 Å². The average Bonchev–Trinajstić information content (AvgIpc) is 3.30. The van der Waals surface area contributed by atoms with E-state index in [1.165, 1.54) is 18.2 Å². The van der Waals surface area contributed by atoms with Crippen LogP contribution in [0.25, 0.3) is 5.69 Å². The molecule has 1 fully saturated rings. The first kappa shape index (κ1) is 25.8. The number of hydrazone groups is 1. The van der Waals surface area contributed by atoms with E-state index >= 15 is 0 Å². The summed E-state index contributed by atoms with van der Waals surface area (Å²) in [6, 6.07) is 17.8. The van der Waals surface area contributed by atoms with Gasteiger partial charge in [-0.2, -0.15) is 5.10 Å². The van der Waals surface area contributed by atoms with Crippen LogP contribution in [0.4, 0.5) is 5.69 Å². The van der Waals surface area contributed by atoms with Crippen molar-refractivity contribution in [3.05, 3.63) is 60.4 Å². The minimum Gasteiger partial charge on any atom is -0.494 e. The van der Waals surface area contributed by atoms with E-state index in [1.54, 1.807) is 0 Å². The molecule has 36 heavy (non-hydrogen) atoms. The van der Waals surface area contributed by atoms with Crippen LogP contribution in [0.15, 0.2) is 64.9 Å². The van der Waals surface area contributed by atoms with E-state index in [0.29, 0.717) is 24.2 Å². The Morgan fingerprint density at radius 3 is 2.67 bits per heavy atom. The van der Waals surface area contributed by atoms with Crippen LogP contribution >= 0.6 is 11.8 Å². The number of amides is 1. The standard InChI is InChI=1S/C27H34N6O2S/c1-4-35-23-16-14-21(15-17-23)28-18-25-30-32-27(33(25)22-11-6-5-7-12-22)36-20(3)26(34)31-29-24-13-9-8-10-19(24)2/h5-7,11-12,14-17,19-20,28H,4,8-10,13,18H2,1-3H3,(H,31,34). The van der Waals surface area contributed by atoms with Crippen LogP contribution in [0.1, 0.15) is 52.3 Å². The molecule has 1 saturated carbocycles. The molecule has 2 aromatic carbocycles. The molecular formula is C27H34N6O2S. The number of hydrogen-bond acceptors (Lipinski definition) is 7. The molecule has 2 N–H and O–H groups in total. The summed E-state index contributed by atoms with van der Waals surface area (Å²) < 4.78 is 7.51. The Morgan fingerprint density at radius 2 is 1.94 bits per heavy atom. The van der Waals surface area contributed by atoms with Gasteiger partial charge in [0.1, 0.15) is 5.75 Å². The number of benzene rings is 2. The molecule has 0 aliphatic heterocycles. The summed E-state index contributed by atoms with van der Waals surface area (Å²) in [6.07, 6.45) is 4.45. The zero-order valence-electron chi connectivity index (χ0n) is 21.1. The van der Waals surface area contributed by atoms with E-state index in [2.05, 4.69) is 33.0 Å². The van der Waals surface area contributed by atoms with Crippen molar-refractivity contribution in [1.82, 2.24) is 20.2 Å². The summed E-state index contributed by atoms with van der Waals surface area (Å²) in [5.74, 6) is 1.88. The number of nitrogens with zero attached hydrogens (tertiary/aromatic N) is 4. The third kappa shape index (κ3) is 6.66. The first-order chi connectivity index (χ1) is 17.5. The molecule has 8 nitrogen and oxygen atoms in total. The number of aromatic nitrogens is 3. The quantitative estimate of drug-likeness (QED) is 0.281. The van der Waals surface area contributed by atoms with Crippen molar-refractivity contribution >= 4 is 29.1 Å². The van der Waals surface area contributed by atoms with Crippen LogP contribution in [0.5, 0.6) is 5.75 Å². The fraction of sp³-hybridized carbons (Fsp3) is 0.407. The van der Waals surface area contributed by atoms with Gasteiger partial charge >= 0.3 is 0 Å². The molecule has 2 unspecified atom stereocenters. The highest BCUT2D eigenvalue weighted by Gasteiger charge is 2.22. The number of para-hydroxylation sites is 1. The summed E-state index contributed by atoms with van der Waals surface area (Å²) in [7, 11) is 0. The Kier molecular flexibility index (Phi) is 9.00. The topological polar surface area (TPSA) is 93.4 Å². The average molecular weight is 507 g/mol. The van der Waals surface area contributed by atoms with Crippen LogP contribution in [0, 0.1) is 5.92 Å². The molecular weight excluding hydrogens is 472 g/mol. The summed E-state index contributed by atoms with van der Waals surface area (Å²) in [6.45, 7) is 7.12. The Hall–Kier alpha value is -3.33. The van der Waals surface area contributed by atoms with Crippen LogP contribution in [-0.4, -0.2) is 38.2 Å². The highest BCUT2D eigenvalue weighted by Crippen LogP contribution is 2.27. The van der Waals surface area contributed by atoms with E-state index in [-0.39, 0.29) is 11.2 Å². The number of anilines is 1. The Labute approximate surface area is 216 Å². The fourth-order valence-electron chi connectivity index (χ4n) is 4.11. The molecule has 0 spiro atoms. The van der Waals surface area contributed by atoms with Crippen molar-refractivity contribution in [2.24, 2.45) is 11.0 Å². The lowest BCUT2D eigenvalue weighted by Gasteiger charge is -2.20. The molecule has 190 valence electrons. The third-order valence-electron chi connectivity index (χ3n) is 6.18. The van der Waals surface area contributed by atoms with Crippen LogP contribution in [0.3, 0.4) is 0 Å². The van der Waals surface area contributed by atoms with Gasteiger partial charge in [-0.1, -0.05) is 43.3 Å². The second-order valence-electron chi connectivity index (χ2n) is 8.87. The predicted molar refractivity (Wildman–Crippen MR) is 145 cm³/mol. The molecule has 0 radical (unpaired) electrons. The van der Waals surface area contributed by atoms with E-state index in [0.717, 1.165) is 47.9 Å². The maximum Gasteiger partial charge on any atom is 0.253 e. The molecule has 1 aromatic heterocycles. The molecule has 3 aromatic rings. The van der Waals surface area contributed by atoms with Crippen molar-refractivity contribution in [3.8, 4) is 11.4 Å². The van der Waals surface area contributed by atoms with Crippen molar-refractivity contribution in [3.63, 3.8) is 0 Å². The number of thioether (sulfide) groups is 1. The molecule has 0 saturated heterocycles. The molecule has 1 aliphatic rings. The molecule has 9 heteroatoms. The van der Waals surface area contributed by atoms with E-state index < -0.39 is 0 Å². The maximum atomic E-state index is 12.8. The Morgan fingerprint density at radius 1 is 1.17 bits per heavy atom. The SMILES string of the molecule is CCOc1ccc(NCc2nnc(SC(C)C(=O)NN=C3CCCCC3C)n2-c2ccccc2)cc1. The summed E-state index contributed by atoms with van der Waals surface area (Å²) in [4.78, 5) is 12.8. The van der Waals surface area contributed by atoms with Gasteiger partial charge in [-0.05, 0) is 75.4 Å². The van der Waals surface area contributed by atoms with Gasteiger partial charge in [-0.15, -0.1) is 10.2 Å². The zero-order chi connectivity index (χ0) is 25.3. The number of carbonyl (C=O) groups excluding carboxylic acids is 1. The lowest BCUT2D eigenvalue weighted by Crippen LogP contribution is -2.30. The van der Waals surface area contributed by atoms with Gasteiger partial charge in [0.2, 0.25) is 0 Å². The lowest BCUT2D eigenvalue weighted by molar-refractivity contribution is -0.120. The van der Waals surface area contributed by atoms with Gasteiger partial charge in [0.15, 0.2) is 11.0 Å². The zero-order valence-corrected chi connectivity index (χ0v) is 21.9. The van der Waals surface area contributed by atoms with Crippen molar-refractivity contribution in [1.29, 1.82) is 0 Å². The highest BCUT2D eigenvalue weighted by molar-refractivity contribution is 8.00. The minimum atomic E-state index is -0.383. The van der Waals surface area contributed by atoms with Crippen LogP contribution < -0.4 is 15.5 Å². The fourth-order valence-corrected chi connectivity index (χ4v) is 4.99. The minimum absolute atomic E-state index is 0.137. The first-order valence-electron chi connectivity index (χ1n) is 12.5. The molecule has 4 rings (SSSR count). The molecule has 1 heterocycles. The van der Waals surface area contributed by atoms with Crippen molar-refractivity contribution < 1.29 is 9.53 Å². The molecule has 1 aliphatic carbocycles. The second kappa shape index (κ2) is 12.6. The lowest BCUT2D eigenvalue weighted by atomic mass is 9.89. The second-order valence-corrected chi connectivity index (χ2v) is 10.2. The third-order valence-corrected chi connectivity index (χ3v) is 7.22. The first-order valence-corrected chi connectivity index (χ1v) is 13.4. The normalized spacial score (nSPS) is 17.5. The summed E-state index contributed by atoms with van der Waals surface area (Å²) >= 11 is 1.37. The number of ether oxygens (including phenoxy) is 1. The van der Waals surface area contributed by atoms with Gasteiger partial charge in [0.05, 0.1) is 18.4 Å². The van der Waals surface area contributed by atoms with Gasteiger partial charge in [-0.25, -0.2) is 5.43 Å². The van der Waals surface area contributed by atoms with E-state index in [4.69, 9.17) is 4.74 Å². The molecule has 2 atom stereocenters. The van der Waals surface area contributed by atoms with Crippen LogP contribution in [0.2, 0.25) is 0 Å². The van der Waals surface area contributed by atoms with Crippen molar-refractivity contribution in [2.45, 2.75) is 63.4 Å². The monoisotopic (exact) mass is 506 g/mol. The van der Waals surface area contributed by atoms with E-state index in [1.807, 2.05) is 73.0 Å². The smallest absolute Gasteiger partial charge is 0.253 e. The van der Waals surface area contributed by atoms with Gasteiger partial charge in [0.25, 0.3) is 5.91 Å².